The largest absolute Gasteiger partial charge is 0.358 e. The molecule has 0 aliphatic carbocycles. The summed E-state index contributed by atoms with van der Waals surface area (Å²) in [6.45, 7) is 1.90. The lowest BCUT2D eigenvalue weighted by molar-refractivity contribution is -0.136. The SMILES string of the molecule is Cc1cccnc1NC1CC(=O)N(C)C1=O. The predicted octanol–water partition coefficient (Wildman–Crippen LogP) is 0.559. The lowest BCUT2D eigenvalue weighted by Crippen LogP contribution is -2.32. The van der Waals surface area contributed by atoms with Crippen molar-refractivity contribution in [1.29, 1.82) is 0 Å². The Morgan fingerprint density at radius 2 is 2.25 bits per heavy atom. The maximum atomic E-state index is 11.6. The van der Waals surface area contributed by atoms with E-state index in [1.165, 1.54) is 7.05 Å². The van der Waals surface area contributed by atoms with E-state index in [0.29, 0.717) is 5.82 Å². The maximum absolute atomic E-state index is 11.6. The number of nitrogens with zero attached hydrogens (tertiary/aromatic N) is 2. The highest BCUT2D eigenvalue weighted by molar-refractivity contribution is 6.06. The van der Waals surface area contributed by atoms with E-state index < -0.39 is 6.04 Å². The zero-order valence-electron chi connectivity index (χ0n) is 9.23. The Hall–Kier alpha value is -1.91. The van der Waals surface area contributed by atoms with Crippen LogP contribution in [0.15, 0.2) is 18.3 Å². The molecule has 1 N–H and O–H groups in total. The van der Waals surface area contributed by atoms with Gasteiger partial charge in [0.15, 0.2) is 0 Å². The summed E-state index contributed by atoms with van der Waals surface area (Å²) in [5.74, 6) is 0.301. The van der Waals surface area contributed by atoms with Gasteiger partial charge in [0.05, 0.1) is 6.42 Å². The van der Waals surface area contributed by atoms with E-state index in [-0.39, 0.29) is 18.2 Å². The molecule has 0 saturated carbocycles. The Bertz CT molecular complexity index is 445. The van der Waals surface area contributed by atoms with Crippen molar-refractivity contribution in [2.24, 2.45) is 0 Å². The van der Waals surface area contributed by atoms with Crippen molar-refractivity contribution in [3.8, 4) is 0 Å². The molecule has 0 radical (unpaired) electrons. The quantitative estimate of drug-likeness (QED) is 0.738. The maximum Gasteiger partial charge on any atom is 0.251 e. The Kier molecular flexibility index (Phi) is 2.60. The molecule has 0 spiro atoms. The summed E-state index contributed by atoms with van der Waals surface area (Å²) >= 11 is 0. The second kappa shape index (κ2) is 3.92. The topological polar surface area (TPSA) is 62.3 Å². The van der Waals surface area contributed by atoms with Crippen LogP contribution in [0, 0.1) is 6.92 Å². The summed E-state index contributed by atoms with van der Waals surface area (Å²) in [7, 11) is 1.50. The Labute approximate surface area is 93.5 Å². The molecule has 5 heteroatoms. The fourth-order valence-electron chi connectivity index (χ4n) is 1.67. The molecule has 1 aliphatic rings. The smallest absolute Gasteiger partial charge is 0.251 e. The normalized spacial score (nSPS) is 20.4. The van der Waals surface area contributed by atoms with Crippen LogP contribution in [-0.4, -0.2) is 34.8 Å². The third-order valence-corrected chi connectivity index (χ3v) is 2.70. The molecule has 0 aromatic carbocycles. The molecule has 1 atom stereocenters. The van der Waals surface area contributed by atoms with Crippen LogP contribution >= 0.6 is 0 Å². The van der Waals surface area contributed by atoms with Gasteiger partial charge in [0.1, 0.15) is 11.9 Å². The summed E-state index contributed by atoms with van der Waals surface area (Å²) in [6, 6.07) is 3.25. The second-order valence-electron chi connectivity index (χ2n) is 3.86. The van der Waals surface area contributed by atoms with E-state index in [4.69, 9.17) is 0 Å². The van der Waals surface area contributed by atoms with Gasteiger partial charge in [0.2, 0.25) is 5.91 Å². The fraction of sp³-hybridized carbons (Fsp3) is 0.364. The van der Waals surface area contributed by atoms with Gasteiger partial charge in [-0.25, -0.2) is 4.98 Å². The third kappa shape index (κ3) is 1.76. The third-order valence-electron chi connectivity index (χ3n) is 2.70. The number of amides is 2. The first-order valence-corrected chi connectivity index (χ1v) is 5.08. The van der Waals surface area contributed by atoms with Crippen LogP contribution in [0.2, 0.25) is 0 Å². The van der Waals surface area contributed by atoms with Crippen LogP contribution in [0.3, 0.4) is 0 Å². The van der Waals surface area contributed by atoms with E-state index >= 15 is 0 Å². The molecule has 2 amide bonds. The molecule has 1 aromatic heterocycles. The lowest BCUT2D eigenvalue weighted by Gasteiger charge is -2.12. The van der Waals surface area contributed by atoms with Gasteiger partial charge >= 0.3 is 0 Å². The standard InChI is InChI=1S/C11H13N3O2/c1-7-4-3-5-12-10(7)13-8-6-9(15)14(2)11(8)16/h3-5,8H,6H2,1-2H3,(H,12,13). The molecule has 0 bridgehead atoms. The molecule has 1 fully saturated rings. The summed E-state index contributed by atoms with van der Waals surface area (Å²) < 4.78 is 0. The zero-order valence-corrected chi connectivity index (χ0v) is 9.23. The van der Waals surface area contributed by atoms with Crippen molar-refractivity contribution < 1.29 is 9.59 Å². The minimum absolute atomic E-state index is 0.156. The zero-order chi connectivity index (χ0) is 11.7. The highest BCUT2D eigenvalue weighted by Gasteiger charge is 2.36. The number of pyridine rings is 1. The number of carbonyl (C=O) groups is 2. The number of aryl methyl sites for hydroxylation is 1. The van der Waals surface area contributed by atoms with Gasteiger partial charge in [-0.1, -0.05) is 6.07 Å². The first-order valence-electron chi connectivity index (χ1n) is 5.08. The van der Waals surface area contributed by atoms with Crippen molar-refractivity contribution >= 4 is 17.6 Å². The van der Waals surface area contributed by atoms with Gasteiger partial charge in [0.25, 0.3) is 5.91 Å². The summed E-state index contributed by atoms with van der Waals surface area (Å²) in [5.41, 5.74) is 0.956. The highest BCUT2D eigenvalue weighted by Crippen LogP contribution is 2.17. The van der Waals surface area contributed by atoms with Gasteiger partial charge in [-0.3, -0.25) is 14.5 Å². The van der Waals surface area contributed by atoms with Crippen LogP contribution < -0.4 is 5.32 Å². The average Bonchev–Trinajstić information content (AvgIpc) is 2.50. The van der Waals surface area contributed by atoms with Gasteiger partial charge in [0, 0.05) is 13.2 Å². The number of hydrogen-bond donors (Lipinski definition) is 1. The minimum atomic E-state index is -0.480. The number of imide groups is 1. The summed E-state index contributed by atoms with van der Waals surface area (Å²) in [4.78, 5) is 28.2. The van der Waals surface area contributed by atoms with Crippen LogP contribution in [0.25, 0.3) is 0 Å². The Morgan fingerprint density at radius 3 is 2.81 bits per heavy atom. The first-order chi connectivity index (χ1) is 7.59. The molecule has 1 unspecified atom stereocenters. The second-order valence-corrected chi connectivity index (χ2v) is 3.86. The number of hydrogen-bond acceptors (Lipinski definition) is 4. The minimum Gasteiger partial charge on any atom is -0.358 e. The monoisotopic (exact) mass is 219 g/mol. The molecule has 84 valence electrons. The predicted molar refractivity (Wildman–Crippen MR) is 58.8 cm³/mol. The fourth-order valence-corrected chi connectivity index (χ4v) is 1.67. The van der Waals surface area contributed by atoms with E-state index in [1.807, 2.05) is 19.1 Å². The van der Waals surface area contributed by atoms with E-state index in [0.717, 1.165) is 10.5 Å². The number of likely N-dealkylation sites (N-methyl/N-ethyl adjacent to an activating group) is 1. The first kappa shape index (κ1) is 10.6. The van der Waals surface area contributed by atoms with E-state index in [9.17, 15) is 9.59 Å². The van der Waals surface area contributed by atoms with Crippen molar-refractivity contribution in [1.82, 2.24) is 9.88 Å². The Balaban J connectivity index is 2.15. The van der Waals surface area contributed by atoms with Crippen molar-refractivity contribution in [2.45, 2.75) is 19.4 Å². The van der Waals surface area contributed by atoms with E-state index in [1.54, 1.807) is 6.20 Å². The van der Waals surface area contributed by atoms with Gasteiger partial charge in [-0.05, 0) is 18.6 Å². The highest BCUT2D eigenvalue weighted by atomic mass is 16.2. The molecular formula is C11H13N3O2. The van der Waals surface area contributed by atoms with Crippen molar-refractivity contribution in [2.75, 3.05) is 12.4 Å². The van der Waals surface area contributed by atoms with Gasteiger partial charge < -0.3 is 5.32 Å². The molecule has 5 nitrogen and oxygen atoms in total. The number of anilines is 1. The average molecular weight is 219 g/mol. The van der Waals surface area contributed by atoms with Gasteiger partial charge in [-0.2, -0.15) is 0 Å². The number of nitrogens with one attached hydrogen (secondary N) is 1. The molecule has 1 saturated heterocycles. The molecule has 1 aromatic rings. The molecule has 2 rings (SSSR count). The molecule has 2 heterocycles. The molecule has 1 aliphatic heterocycles. The molecular weight excluding hydrogens is 206 g/mol. The van der Waals surface area contributed by atoms with Crippen LogP contribution in [0.4, 0.5) is 5.82 Å². The number of aromatic nitrogens is 1. The van der Waals surface area contributed by atoms with E-state index in [2.05, 4.69) is 10.3 Å². The lowest BCUT2D eigenvalue weighted by atomic mass is 10.2. The number of likely N-dealkylation sites (tertiary alicyclic amines) is 1. The summed E-state index contributed by atoms with van der Waals surface area (Å²) in [6.07, 6.45) is 1.85. The number of carbonyl (C=O) groups excluding carboxylic acids is 2. The Morgan fingerprint density at radius 1 is 1.50 bits per heavy atom. The summed E-state index contributed by atoms with van der Waals surface area (Å²) in [5, 5.41) is 3.00. The number of rotatable bonds is 2. The van der Waals surface area contributed by atoms with Crippen molar-refractivity contribution in [3.63, 3.8) is 0 Å². The van der Waals surface area contributed by atoms with Crippen molar-refractivity contribution in [3.05, 3.63) is 23.9 Å². The van der Waals surface area contributed by atoms with Gasteiger partial charge in [-0.15, -0.1) is 0 Å². The van der Waals surface area contributed by atoms with Crippen LogP contribution in [0.1, 0.15) is 12.0 Å². The van der Waals surface area contributed by atoms with Crippen LogP contribution in [0.5, 0.6) is 0 Å². The van der Waals surface area contributed by atoms with Crippen LogP contribution in [-0.2, 0) is 9.59 Å². The molecule has 16 heavy (non-hydrogen) atoms.